The van der Waals surface area contributed by atoms with E-state index in [0.717, 1.165) is 117 Å². The first-order valence-electron chi connectivity index (χ1n) is 33.1. The Morgan fingerprint density at radius 2 is 0.330 bits per heavy atom. The van der Waals surface area contributed by atoms with Crippen molar-refractivity contribution in [2.45, 2.75) is 0 Å². The summed E-state index contributed by atoms with van der Waals surface area (Å²) in [6, 6.07) is 124. The van der Waals surface area contributed by atoms with Crippen molar-refractivity contribution < 1.29 is 0 Å². The van der Waals surface area contributed by atoms with E-state index in [1.54, 1.807) is 0 Å². The minimum absolute atomic E-state index is 0.628. The largest absolute Gasteiger partial charge is 0.228 e. The smallest absolute Gasteiger partial charge is 0.164 e. The molecule has 0 bridgehead atoms. The fourth-order valence-corrected chi connectivity index (χ4v) is 12.1. The lowest BCUT2D eigenvalue weighted by Crippen LogP contribution is -2.00. The zero-order valence-electron chi connectivity index (χ0n) is 54.1. The molecule has 0 aliphatic carbocycles. The van der Waals surface area contributed by atoms with Crippen LogP contribution in [0.5, 0.6) is 0 Å². The number of nitrogens with zero attached hydrogens (tertiary/aromatic N) is 10. The highest BCUT2D eigenvalue weighted by atomic mass is 15.0. The van der Waals surface area contributed by atoms with Gasteiger partial charge in [-0.05, 0) is 63.4 Å². The Kier molecular flexibility index (Phi) is 17.3. The van der Waals surface area contributed by atoms with Gasteiger partial charge in [-0.1, -0.05) is 334 Å². The van der Waals surface area contributed by atoms with Crippen LogP contribution in [-0.4, -0.2) is 49.8 Å². The molecule has 10 nitrogen and oxygen atoms in total. The van der Waals surface area contributed by atoms with Gasteiger partial charge in [-0.15, -0.1) is 0 Å². The number of hydrogen-bond acceptors (Lipinski definition) is 10. The number of aromatic nitrogens is 10. The van der Waals surface area contributed by atoms with E-state index >= 15 is 0 Å². The zero-order chi connectivity index (χ0) is 66.8. The third kappa shape index (κ3) is 13.7. The maximum absolute atomic E-state index is 5.13. The van der Waals surface area contributed by atoms with E-state index in [0.29, 0.717) is 46.6 Å². The zero-order valence-corrected chi connectivity index (χ0v) is 54.1. The third-order valence-corrected chi connectivity index (χ3v) is 17.3. The third-order valence-electron chi connectivity index (χ3n) is 17.3. The van der Waals surface area contributed by atoms with Gasteiger partial charge in [0.05, 0.1) is 22.8 Å². The highest BCUT2D eigenvalue weighted by Gasteiger charge is 2.18. The summed E-state index contributed by atoms with van der Waals surface area (Å²) in [4.78, 5) is 49.4. The van der Waals surface area contributed by atoms with E-state index in [4.69, 9.17) is 49.8 Å². The Labute approximate surface area is 579 Å². The van der Waals surface area contributed by atoms with Gasteiger partial charge in [0.25, 0.3) is 0 Å². The molecular formula is C90H60N10. The van der Waals surface area contributed by atoms with Gasteiger partial charge in [-0.3, -0.25) is 0 Å². The summed E-state index contributed by atoms with van der Waals surface area (Å²) in [7, 11) is 0. The van der Waals surface area contributed by atoms with Crippen LogP contribution in [0.15, 0.2) is 364 Å². The molecule has 0 saturated carbocycles. The molecule has 0 amide bonds. The summed E-state index contributed by atoms with van der Waals surface area (Å²) in [5.41, 5.74) is 19.5. The van der Waals surface area contributed by atoms with Crippen LogP contribution in [0.2, 0.25) is 0 Å². The maximum Gasteiger partial charge on any atom is 0.164 e. The van der Waals surface area contributed by atoms with Crippen molar-refractivity contribution in [3.63, 3.8) is 0 Å². The van der Waals surface area contributed by atoms with Crippen LogP contribution >= 0.6 is 0 Å². The molecule has 0 radical (unpaired) electrons. The first-order valence-corrected chi connectivity index (χ1v) is 33.1. The molecule has 0 atom stereocenters. The second-order valence-corrected chi connectivity index (χ2v) is 24.0. The molecule has 0 fully saturated rings. The van der Waals surface area contributed by atoms with Crippen LogP contribution in [0.3, 0.4) is 0 Å². The first-order chi connectivity index (χ1) is 49.5. The number of hydrogen-bond donors (Lipinski definition) is 0. The molecule has 100 heavy (non-hydrogen) atoms. The molecule has 4 heterocycles. The molecule has 10 heteroatoms. The average molecular weight is 1280 g/mol. The standard InChI is InChI=1S/C47H31N5.C43H29N5/c1-4-14-34(15-5-1)42-31-43(49-47(48-42)41-28-25-32-13-10-11-20-38(32)30-41)40-22-12-21-39(29-40)33-23-26-37(27-24-33)46-51-44(35-16-6-2-7-17-35)50-45(52-46)36-18-8-3-9-19-36;1-5-14-31(15-6-1)38-29-39(45-40(44-38)32-16-7-2-8-17-32)37-23-13-22-36(28-37)30-24-26-35(27-25-30)43-47-41(33-18-9-3-10-19-33)46-42(48-43)34-20-11-4-12-21-34/h1-31H;1-29H. The van der Waals surface area contributed by atoms with Gasteiger partial charge >= 0.3 is 0 Å². The topological polar surface area (TPSA) is 129 Å². The molecule has 17 rings (SSSR count). The normalized spacial score (nSPS) is 11.0. The van der Waals surface area contributed by atoms with Crippen LogP contribution in [0.25, 0.3) is 169 Å². The van der Waals surface area contributed by atoms with Crippen molar-refractivity contribution in [1.82, 2.24) is 49.8 Å². The summed E-state index contributed by atoms with van der Waals surface area (Å²) in [6.07, 6.45) is 0. The predicted octanol–water partition coefficient (Wildman–Crippen LogP) is 21.8. The van der Waals surface area contributed by atoms with Crippen LogP contribution in [0.4, 0.5) is 0 Å². The Morgan fingerprint density at radius 1 is 0.110 bits per heavy atom. The summed E-state index contributed by atoms with van der Waals surface area (Å²) in [5.74, 6) is 5.22. The van der Waals surface area contributed by atoms with E-state index in [2.05, 4.69) is 176 Å². The Balaban J connectivity index is 0.000000156. The average Bonchev–Trinajstić information content (AvgIpc) is 0.808. The molecule has 13 aromatic carbocycles. The van der Waals surface area contributed by atoms with Gasteiger partial charge in [-0.2, -0.15) is 0 Å². The van der Waals surface area contributed by atoms with Crippen LogP contribution in [-0.2, 0) is 0 Å². The van der Waals surface area contributed by atoms with Crippen molar-refractivity contribution in [2.75, 3.05) is 0 Å². The van der Waals surface area contributed by atoms with E-state index in [9.17, 15) is 0 Å². The lowest BCUT2D eigenvalue weighted by molar-refractivity contribution is 1.07. The fraction of sp³-hybridized carbons (Fsp3) is 0. The van der Waals surface area contributed by atoms with Crippen LogP contribution in [0, 0.1) is 0 Å². The second kappa shape index (κ2) is 28.3. The van der Waals surface area contributed by atoms with Crippen molar-refractivity contribution in [3.05, 3.63) is 364 Å². The molecular weight excluding hydrogens is 1220 g/mol. The minimum atomic E-state index is 0.628. The van der Waals surface area contributed by atoms with Gasteiger partial charge < -0.3 is 0 Å². The van der Waals surface area contributed by atoms with Crippen molar-refractivity contribution >= 4 is 10.8 Å². The molecule has 0 saturated heterocycles. The minimum Gasteiger partial charge on any atom is -0.228 e. The monoisotopic (exact) mass is 1280 g/mol. The van der Waals surface area contributed by atoms with Crippen molar-refractivity contribution in [2.24, 2.45) is 0 Å². The van der Waals surface area contributed by atoms with Gasteiger partial charge in [0.2, 0.25) is 0 Å². The molecule has 4 aromatic heterocycles. The summed E-state index contributed by atoms with van der Waals surface area (Å²) < 4.78 is 0. The summed E-state index contributed by atoms with van der Waals surface area (Å²) >= 11 is 0. The summed E-state index contributed by atoms with van der Waals surface area (Å²) in [6.45, 7) is 0. The number of rotatable bonds is 14. The molecule has 0 aliphatic heterocycles. The number of fused-ring (bicyclic) bond motifs is 1. The quantitative estimate of drug-likeness (QED) is 0.104. The molecule has 470 valence electrons. The van der Waals surface area contributed by atoms with Gasteiger partial charge in [-0.25, -0.2) is 49.8 Å². The summed E-state index contributed by atoms with van der Waals surface area (Å²) in [5, 5.41) is 2.35. The second-order valence-electron chi connectivity index (χ2n) is 24.0. The lowest BCUT2D eigenvalue weighted by atomic mass is 9.99. The van der Waals surface area contributed by atoms with Crippen LogP contribution in [0.1, 0.15) is 0 Å². The lowest BCUT2D eigenvalue weighted by Gasteiger charge is -2.11. The first kappa shape index (κ1) is 61.2. The predicted molar refractivity (Wildman–Crippen MR) is 404 cm³/mol. The maximum atomic E-state index is 5.13. The van der Waals surface area contributed by atoms with Gasteiger partial charge in [0.15, 0.2) is 46.6 Å². The molecule has 0 unspecified atom stereocenters. The van der Waals surface area contributed by atoms with E-state index in [-0.39, 0.29) is 0 Å². The molecule has 0 aliphatic rings. The van der Waals surface area contributed by atoms with Gasteiger partial charge in [0, 0.05) is 66.8 Å². The van der Waals surface area contributed by atoms with Gasteiger partial charge in [0.1, 0.15) is 0 Å². The van der Waals surface area contributed by atoms with E-state index < -0.39 is 0 Å². The Bertz CT molecular complexity index is 5500. The van der Waals surface area contributed by atoms with E-state index in [1.165, 1.54) is 5.39 Å². The van der Waals surface area contributed by atoms with Crippen molar-refractivity contribution in [1.29, 1.82) is 0 Å². The van der Waals surface area contributed by atoms with Crippen LogP contribution < -0.4 is 0 Å². The van der Waals surface area contributed by atoms with E-state index in [1.807, 2.05) is 188 Å². The molecule has 17 aromatic rings. The fourth-order valence-electron chi connectivity index (χ4n) is 12.1. The number of benzene rings is 13. The molecule has 0 N–H and O–H groups in total. The highest BCUT2D eigenvalue weighted by Crippen LogP contribution is 2.36. The molecule has 0 spiro atoms. The Morgan fingerprint density at radius 3 is 0.660 bits per heavy atom. The SMILES string of the molecule is c1ccc(-c2cc(-c3cccc(-c4ccc(-c5nc(-c6ccccc6)nc(-c6ccccc6)n5)cc4)c3)nc(-c3ccc4ccccc4c3)n2)cc1.c1ccc(-c2cc(-c3cccc(-c4ccc(-c5nc(-c6ccccc6)nc(-c6ccccc6)n5)cc4)c3)nc(-c3ccccc3)n2)cc1. The Hall–Kier alpha value is -13.7. The van der Waals surface area contributed by atoms with Crippen molar-refractivity contribution in [3.8, 4) is 158 Å². The highest BCUT2D eigenvalue weighted by molar-refractivity contribution is 5.87.